The maximum Gasteiger partial charge on any atom is 0.320 e. The Bertz CT molecular complexity index is 1490. The van der Waals surface area contributed by atoms with Crippen molar-refractivity contribution in [2.24, 2.45) is 0 Å². The van der Waals surface area contributed by atoms with Crippen LogP contribution in [0.15, 0.2) is 54.6 Å². The molecule has 0 spiro atoms. The number of nitrogens with one attached hydrogen (secondary N) is 1. The number of fused-ring (bicyclic) bond motifs is 2. The average Bonchev–Trinajstić information content (AvgIpc) is 3.13. The fourth-order valence-electron chi connectivity index (χ4n) is 5.76. The first kappa shape index (κ1) is 23.5. The molecule has 0 aliphatic carbocycles. The predicted octanol–water partition coefficient (Wildman–Crippen LogP) is 6.77. The van der Waals surface area contributed by atoms with Gasteiger partial charge in [0.05, 0.1) is 30.2 Å². The number of H-pyrrole nitrogens is 1. The second-order valence-electron chi connectivity index (χ2n) is 10.1. The van der Waals surface area contributed by atoms with Gasteiger partial charge in [0.2, 0.25) is 0 Å². The highest BCUT2D eigenvalue weighted by molar-refractivity contribution is 5.82. The topological polar surface area (TPSA) is 61.5 Å². The first-order valence-electron chi connectivity index (χ1n) is 13.0. The molecule has 2 aliphatic heterocycles. The third-order valence-corrected chi connectivity index (χ3v) is 7.51. The van der Waals surface area contributed by atoms with Crippen LogP contribution in [0, 0.1) is 19.7 Å². The van der Waals surface area contributed by atoms with E-state index in [1.165, 1.54) is 6.07 Å². The SMILES string of the molecule is Cc1nc2ccc(-c3cc(C)c4c(c3)CN(C(=O)N3CCCCC3c3cccc(F)c3)CCO4)cc2[nH]1.[HH]. The fraction of sp³-hybridized carbons (Fsp3) is 0.333. The third kappa shape index (κ3) is 4.54. The summed E-state index contributed by atoms with van der Waals surface area (Å²) in [6.45, 7) is 6.11. The van der Waals surface area contributed by atoms with Crippen LogP contribution in [0.25, 0.3) is 22.2 Å². The minimum atomic E-state index is -0.265. The van der Waals surface area contributed by atoms with Gasteiger partial charge in [0.1, 0.15) is 24.0 Å². The molecule has 0 radical (unpaired) electrons. The Morgan fingerprint density at radius 2 is 1.97 bits per heavy atom. The lowest BCUT2D eigenvalue weighted by Crippen LogP contribution is -2.47. The lowest BCUT2D eigenvalue weighted by molar-refractivity contribution is 0.110. The van der Waals surface area contributed by atoms with Crippen molar-refractivity contribution in [2.45, 2.75) is 45.7 Å². The first-order chi connectivity index (χ1) is 18.0. The zero-order chi connectivity index (χ0) is 25.5. The number of urea groups is 1. The highest BCUT2D eigenvalue weighted by Crippen LogP contribution is 2.36. The zero-order valence-electron chi connectivity index (χ0n) is 21.3. The molecule has 37 heavy (non-hydrogen) atoms. The second-order valence-corrected chi connectivity index (χ2v) is 10.1. The van der Waals surface area contributed by atoms with Crippen LogP contribution < -0.4 is 4.74 Å². The maximum atomic E-state index is 14.0. The Labute approximate surface area is 217 Å². The number of ether oxygens (including phenoxy) is 1. The summed E-state index contributed by atoms with van der Waals surface area (Å²) < 4.78 is 20.2. The van der Waals surface area contributed by atoms with Gasteiger partial charge >= 0.3 is 6.03 Å². The second kappa shape index (κ2) is 9.54. The number of nitrogens with zero attached hydrogens (tertiary/aromatic N) is 3. The number of likely N-dealkylation sites (tertiary alicyclic amines) is 1. The molecule has 1 N–H and O–H groups in total. The maximum absolute atomic E-state index is 14.0. The molecule has 0 saturated carbocycles. The molecule has 1 unspecified atom stereocenters. The van der Waals surface area contributed by atoms with Gasteiger partial charge in [-0.05, 0) is 91.8 Å². The number of aromatic amines is 1. The molecule has 2 aliphatic rings. The summed E-state index contributed by atoms with van der Waals surface area (Å²) in [5.74, 6) is 1.49. The van der Waals surface area contributed by atoms with Gasteiger partial charge in [-0.15, -0.1) is 0 Å². The summed E-state index contributed by atoms with van der Waals surface area (Å²) in [7, 11) is 0. The van der Waals surface area contributed by atoms with Gasteiger partial charge < -0.3 is 19.5 Å². The van der Waals surface area contributed by atoms with Crippen LogP contribution in [-0.2, 0) is 6.54 Å². The Morgan fingerprint density at radius 3 is 2.84 bits per heavy atom. The summed E-state index contributed by atoms with van der Waals surface area (Å²) >= 11 is 0. The summed E-state index contributed by atoms with van der Waals surface area (Å²) in [5, 5.41) is 0. The number of benzene rings is 3. The normalized spacial score (nSPS) is 17.9. The molecular weight excluding hydrogens is 467 g/mol. The van der Waals surface area contributed by atoms with Crippen LogP contribution >= 0.6 is 0 Å². The van der Waals surface area contributed by atoms with Gasteiger partial charge in [0.15, 0.2) is 0 Å². The van der Waals surface area contributed by atoms with Crippen LogP contribution in [0.1, 0.15) is 49.2 Å². The summed E-state index contributed by atoms with van der Waals surface area (Å²) in [4.78, 5) is 25.5. The number of hydrogen-bond donors (Lipinski definition) is 1. The summed E-state index contributed by atoms with van der Waals surface area (Å²) in [5.41, 5.74) is 7.04. The lowest BCUT2D eigenvalue weighted by atomic mass is 9.95. The van der Waals surface area contributed by atoms with E-state index in [1.54, 1.807) is 12.1 Å². The molecule has 6 nitrogen and oxygen atoms in total. The zero-order valence-corrected chi connectivity index (χ0v) is 21.3. The molecule has 4 aromatic rings. The van der Waals surface area contributed by atoms with Crippen molar-refractivity contribution in [3.05, 3.63) is 82.9 Å². The Hall–Kier alpha value is -3.87. The van der Waals surface area contributed by atoms with E-state index >= 15 is 0 Å². The Morgan fingerprint density at radius 1 is 1.08 bits per heavy atom. The van der Waals surface area contributed by atoms with Gasteiger partial charge in [0.25, 0.3) is 0 Å². The van der Waals surface area contributed by atoms with Gasteiger partial charge in [-0.2, -0.15) is 0 Å². The van der Waals surface area contributed by atoms with Gasteiger partial charge in [0, 0.05) is 13.5 Å². The molecule has 3 heterocycles. The lowest BCUT2D eigenvalue weighted by Gasteiger charge is -2.39. The number of carbonyl (C=O) groups is 1. The molecule has 1 aromatic heterocycles. The Balaban J connectivity index is 0.00000294. The van der Waals surface area contributed by atoms with E-state index in [-0.39, 0.29) is 19.3 Å². The van der Waals surface area contributed by atoms with E-state index in [1.807, 2.05) is 28.9 Å². The molecule has 7 heteroatoms. The molecule has 3 aromatic carbocycles. The largest absolute Gasteiger partial charge is 0.491 e. The predicted molar refractivity (Wildman–Crippen MR) is 144 cm³/mol. The molecule has 1 fully saturated rings. The quantitative estimate of drug-likeness (QED) is 0.330. The number of aromatic nitrogens is 2. The third-order valence-electron chi connectivity index (χ3n) is 7.51. The minimum Gasteiger partial charge on any atom is -0.491 e. The van der Waals surface area contributed by atoms with Crippen molar-refractivity contribution in [3.63, 3.8) is 0 Å². The highest BCUT2D eigenvalue weighted by Gasteiger charge is 2.32. The van der Waals surface area contributed by atoms with Gasteiger partial charge in [-0.25, -0.2) is 14.2 Å². The van der Waals surface area contributed by atoms with Gasteiger partial charge in [-0.3, -0.25) is 0 Å². The molecule has 192 valence electrons. The van der Waals surface area contributed by atoms with Crippen LogP contribution in [0.4, 0.5) is 9.18 Å². The standard InChI is InChI=1S/C30H31FN4O2.H2/c1-19-14-23(21-9-10-26-27(17-21)33-20(2)32-26)15-24-18-34(12-13-37-29(19)24)30(36)35-11-4-3-8-28(35)22-6-5-7-25(31)16-22;/h5-7,9-10,14-17,28H,3-4,8,11-13,18H2,1-2H3,(H,32,33);1H. The fourth-order valence-corrected chi connectivity index (χ4v) is 5.76. The number of carbonyl (C=O) groups excluding carboxylic acids is 1. The van der Waals surface area contributed by atoms with Crippen molar-refractivity contribution in [1.82, 2.24) is 19.8 Å². The van der Waals surface area contributed by atoms with Crippen molar-refractivity contribution in [2.75, 3.05) is 19.7 Å². The number of amides is 2. The number of hydrogen-bond acceptors (Lipinski definition) is 3. The smallest absolute Gasteiger partial charge is 0.320 e. The van der Waals surface area contributed by atoms with Crippen molar-refractivity contribution in [1.29, 1.82) is 0 Å². The summed E-state index contributed by atoms with van der Waals surface area (Å²) in [6.07, 6.45) is 2.83. The molecule has 1 saturated heterocycles. The number of rotatable bonds is 2. The van der Waals surface area contributed by atoms with E-state index in [0.717, 1.165) is 69.7 Å². The molecule has 2 amide bonds. The monoisotopic (exact) mass is 500 g/mol. The first-order valence-corrected chi connectivity index (χ1v) is 13.0. The summed E-state index contributed by atoms with van der Waals surface area (Å²) in [6, 6.07) is 17.1. The molecule has 0 bridgehead atoms. The van der Waals surface area contributed by atoms with E-state index in [9.17, 15) is 9.18 Å². The van der Waals surface area contributed by atoms with E-state index < -0.39 is 0 Å². The molecular formula is C30H33FN4O2. The number of aryl methyl sites for hydroxylation is 2. The van der Waals surface area contributed by atoms with Crippen molar-refractivity contribution < 1.29 is 15.3 Å². The minimum absolute atomic E-state index is 0. The average molecular weight is 501 g/mol. The van der Waals surface area contributed by atoms with Crippen LogP contribution in [0.3, 0.4) is 0 Å². The van der Waals surface area contributed by atoms with Crippen LogP contribution in [0.5, 0.6) is 5.75 Å². The highest BCUT2D eigenvalue weighted by atomic mass is 19.1. The van der Waals surface area contributed by atoms with Crippen LogP contribution in [0.2, 0.25) is 0 Å². The number of imidazole rings is 1. The van der Waals surface area contributed by atoms with E-state index in [2.05, 4.69) is 41.2 Å². The number of piperidine rings is 1. The van der Waals surface area contributed by atoms with Crippen molar-refractivity contribution in [3.8, 4) is 16.9 Å². The molecule has 1 atom stereocenters. The van der Waals surface area contributed by atoms with E-state index in [0.29, 0.717) is 26.2 Å². The van der Waals surface area contributed by atoms with Gasteiger partial charge in [-0.1, -0.05) is 18.2 Å². The number of halogens is 1. The van der Waals surface area contributed by atoms with Crippen LogP contribution in [-0.4, -0.2) is 45.5 Å². The molecule has 6 rings (SSSR count). The Kier molecular flexibility index (Phi) is 6.07. The van der Waals surface area contributed by atoms with E-state index in [4.69, 9.17) is 4.74 Å². The van der Waals surface area contributed by atoms with Crippen molar-refractivity contribution >= 4 is 17.1 Å².